The molecule has 0 atom stereocenters. The Hall–Kier alpha value is -2.06. The summed E-state index contributed by atoms with van der Waals surface area (Å²) in [5, 5.41) is 0.646. The summed E-state index contributed by atoms with van der Waals surface area (Å²) in [5.41, 5.74) is 1.97. The van der Waals surface area contributed by atoms with Crippen LogP contribution in [0.5, 0.6) is 0 Å². The molecule has 0 fully saturated rings. The molecule has 108 valence electrons. The number of rotatable bonds is 5. The Balaban J connectivity index is 2.05. The van der Waals surface area contributed by atoms with Gasteiger partial charge in [0.05, 0.1) is 0 Å². The summed E-state index contributed by atoms with van der Waals surface area (Å²) in [6.07, 6.45) is 3.34. The molecule has 2 aromatic carbocycles. The van der Waals surface area contributed by atoms with Crippen molar-refractivity contribution in [3.63, 3.8) is 0 Å². The van der Waals surface area contributed by atoms with Crippen molar-refractivity contribution in [2.75, 3.05) is 6.54 Å². The van der Waals surface area contributed by atoms with Crippen molar-refractivity contribution in [3.05, 3.63) is 76.8 Å². The summed E-state index contributed by atoms with van der Waals surface area (Å²) in [4.78, 5) is 14.1. The number of benzene rings is 2. The third-order valence-electron chi connectivity index (χ3n) is 3.22. The van der Waals surface area contributed by atoms with E-state index < -0.39 is 0 Å². The van der Waals surface area contributed by atoms with Crippen molar-refractivity contribution >= 4 is 23.6 Å². The summed E-state index contributed by atoms with van der Waals surface area (Å²) in [6.45, 7) is 3.26. The smallest absolute Gasteiger partial charge is 0.246 e. The zero-order chi connectivity index (χ0) is 15.1. The van der Waals surface area contributed by atoms with Crippen LogP contribution in [0, 0.1) is 0 Å². The molecule has 0 unspecified atom stereocenters. The minimum absolute atomic E-state index is 0.0127. The van der Waals surface area contributed by atoms with E-state index in [0.717, 1.165) is 11.1 Å². The number of carbonyl (C=O) groups is 1. The van der Waals surface area contributed by atoms with Gasteiger partial charge in [0, 0.05) is 24.2 Å². The molecule has 3 heteroatoms. The third-order valence-corrected chi connectivity index (χ3v) is 3.56. The minimum Gasteiger partial charge on any atom is -0.335 e. The van der Waals surface area contributed by atoms with E-state index in [1.807, 2.05) is 61.5 Å². The van der Waals surface area contributed by atoms with Crippen LogP contribution in [0.15, 0.2) is 60.7 Å². The van der Waals surface area contributed by atoms with Gasteiger partial charge >= 0.3 is 0 Å². The number of likely N-dealkylation sites (N-methyl/N-ethyl adjacent to an activating group) is 1. The van der Waals surface area contributed by atoms with E-state index in [-0.39, 0.29) is 5.91 Å². The van der Waals surface area contributed by atoms with Crippen molar-refractivity contribution in [1.29, 1.82) is 0 Å². The Kier molecular flexibility index (Phi) is 5.59. The summed E-state index contributed by atoms with van der Waals surface area (Å²) >= 11 is 6.07. The molecular weight excluding hydrogens is 282 g/mol. The highest BCUT2D eigenvalue weighted by Crippen LogP contribution is 2.16. The summed E-state index contributed by atoms with van der Waals surface area (Å²) in [6, 6.07) is 17.4. The molecule has 0 aliphatic heterocycles. The zero-order valence-corrected chi connectivity index (χ0v) is 12.8. The maximum Gasteiger partial charge on any atom is 0.246 e. The van der Waals surface area contributed by atoms with E-state index in [0.29, 0.717) is 18.1 Å². The Morgan fingerprint density at radius 2 is 1.76 bits per heavy atom. The van der Waals surface area contributed by atoms with Crippen LogP contribution in [0.2, 0.25) is 5.02 Å². The van der Waals surface area contributed by atoms with Crippen molar-refractivity contribution in [2.45, 2.75) is 13.5 Å². The average molecular weight is 300 g/mol. The van der Waals surface area contributed by atoms with E-state index in [1.54, 1.807) is 17.1 Å². The molecule has 2 aromatic rings. The van der Waals surface area contributed by atoms with Crippen LogP contribution in [0.4, 0.5) is 0 Å². The molecule has 0 heterocycles. The summed E-state index contributed by atoms with van der Waals surface area (Å²) in [5.74, 6) is -0.0127. The Labute approximate surface area is 130 Å². The predicted octanol–water partition coefficient (Wildman–Crippen LogP) is 4.40. The van der Waals surface area contributed by atoms with Crippen molar-refractivity contribution in [1.82, 2.24) is 4.90 Å². The Bertz CT molecular complexity index is 622. The lowest BCUT2D eigenvalue weighted by Crippen LogP contribution is -2.28. The number of amides is 1. The van der Waals surface area contributed by atoms with E-state index in [1.165, 1.54) is 0 Å². The highest BCUT2D eigenvalue weighted by atomic mass is 35.5. The fourth-order valence-electron chi connectivity index (χ4n) is 2.03. The lowest BCUT2D eigenvalue weighted by atomic mass is 10.2. The minimum atomic E-state index is -0.0127. The Morgan fingerprint density at radius 1 is 1.10 bits per heavy atom. The van der Waals surface area contributed by atoms with Crippen LogP contribution in [-0.4, -0.2) is 17.4 Å². The van der Waals surface area contributed by atoms with Crippen LogP contribution >= 0.6 is 11.6 Å². The van der Waals surface area contributed by atoms with E-state index in [4.69, 9.17) is 11.6 Å². The van der Waals surface area contributed by atoms with Gasteiger partial charge in [0.2, 0.25) is 5.91 Å². The van der Waals surface area contributed by atoms with Gasteiger partial charge in [-0.1, -0.05) is 60.1 Å². The van der Waals surface area contributed by atoms with Crippen LogP contribution in [0.25, 0.3) is 6.08 Å². The van der Waals surface area contributed by atoms with Gasteiger partial charge in [-0.3, -0.25) is 4.79 Å². The molecule has 0 aromatic heterocycles. The number of nitrogens with zero attached hydrogens (tertiary/aromatic N) is 1. The van der Waals surface area contributed by atoms with Gasteiger partial charge in [0.1, 0.15) is 0 Å². The van der Waals surface area contributed by atoms with E-state index >= 15 is 0 Å². The highest BCUT2D eigenvalue weighted by Gasteiger charge is 2.08. The molecule has 0 saturated heterocycles. The number of hydrogen-bond acceptors (Lipinski definition) is 1. The zero-order valence-electron chi connectivity index (χ0n) is 12.0. The molecule has 0 spiro atoms. The third kappa shape index (κ3) is 4.47. The second-order valence-electron chi connectivity index (χ2n) is 4.69. The van der Waals surface area contributed by atoms with Gasteiger partial charge in [-0.05, 0) is 30.2 Å². The molecule has 2 nitrogen and oxygen atoms in total. The first-order valence-electron chi connectivity index (χ1n) is 6.96. The van der Waals surface area contributed by atoms with E-state index in [2.05, 4.69) is 0 Å². The molecule has 0 radical (unpaired) electrons. The van der Waals surface area contributed by atoms with Crippen LogP contribution in [0.3, 0.4) is 0 Å². The maximum atomic E-state index is 12.3. The lowest BCUT2D eigenvalue weighted by molar-refractivity contribution is -0.126. The van der Waals surface area contributed by atoms with E-state index in [9.17, 15) is 4.79 Å². The van der Waals surface area contributed by atoms with Crippen LogP contribution < -0.4 is 0 Å². The molecule has 1 amide bonds. The van der Waals surface area contributed by atoms with Crippen LogP contribution in [0.1, 0.15) is 18.1 Å². The topological polar surface area (TPSA) is 20.3 Å². The standard InChI is InChI=1S/C18H18ClNO/c1-2-20(14-15-8-4-3-5-9-15)18(21)13-12-16-10-6-7-11-17(16)19/h3-13H,2,14H2,1H3. The average Bonchev–Trinajstić information content (AvgIpc) is 2.52. The molecule has 0 N–H and O–H groups in total. The maximum absolute atomic E-state index is 12.3. The second kappa shape index (κ2) is 7.65. The molecule has 0 aliphatic carbocycles. The highest BCUT2D eigenvalue weighted by molar-refractivity contribution is 6.32. The monoisotopic (exact) mass is 299 g/mol. The van der Waals surface area contributed by atoms with Gasteiger partial charge in [-0.2, -0.15) is 0 Å². The first-order valence-corrected chi connectivity index (χ1v) is 7.34. The Morgan fingerprint density at radius 3 is 2.43 bits per heavy atom. The van der Waals surface area contributed by atoms with Crippen molar-refractivity contribution < 1.29 is 4.79 Å². The molecule has 0 saturated carbocycles. The van der Waals surface area contributed by atoms with Crippen LogP contribution in [-0.2, 0) is 11.3 Å². The molecule has 0 aliphatic rings. The van der Waals surface area contributed by atoms with Gasteiger partial charge in [-0.15, -0.1) is 0 Å². The number of hydrogen-bond donors (Lipinski definition) is 0. The number of carbonyl (C=O) groups excluding carboxylic acids is 1. The normalized spacial score (nSPS) is 10.8. The van der Waals surface area contributed by atoms with Gasteiger partial charge in [0.25, 0.3) is 0 Å². The van der Waals surface area contributed by atoms with Gasteiger partial charge < -0.3 is 4.90 Å². The molecular formula is C18H18ClNO. The first kappa shape index (κ1) is 15.3. The summed E-state index contributed by atoms with van der Waals surface area (Å²) in [7, 11) is 0. The fraction of sp³-hybridized carbons (Fsp3) is 0.167. The van der Waals surface area contributed by atoms with Crippen molar-refractivity contribution in [3.8, 4) is 0 Å². The lowest BCUT2D eigenvalue weighted by Gasteiger charge is -2.19. The fourth-order valence-corrected chi connectivity index (χ4v) is 2.22. The molecule has 2 rings (SSSR count). The first-order chi connectivity index (χ1) is 10.2. The predicted molar refractivity (Wildman–Crippen MR) is 88.0 cm³/mol. The molecule has 0 bridgehead atoms. The quantitative estimate of drug-likeness (QED) is 0.749. The van der Waals surface area contributed by atoms with Gasteiger partial charge in [-0.25, -0.2) is 0 Å². The number of halogens is 1. The summed E-state index contributed by atoms with van der Waals surface area (Å²) < 4.78 is 0. The second-order valence-corrected chi connectivity index (χ2v) is 5.10. The van der Waals surface area contributed by atoms with Crippen molar-refractivity contribution in [2.24, 2.45) is 0 Å². The largest absolute Gasteiger partial charge is 0.335 e. The SMILES string of the molecule is CCN(Cc1ccccc1)C(=O)C=Cc1ccccc1Cl. The molecule has 21 heavy (non-hydrogen) atoms. The van der Waals surface area contributed by atoms with Gasteiger partial charge in [0.15, 0.2) is 0 Å².